The topological polar surface area (TPSA) is 72.7 Å². The molecule has 0 aromatic carbocycles. The van der Waals surface area contributed by atoms with Crippen molar-refractivity contribution >= 4 is 34.0 Å². The van der Waals surface area contributed by atoms with Crippen LogP contribution in [0.1, 0.15) is 47.4 Å². The van der Waals surface area contributed by atoms with Crippen LogP contribution in [-0.2, 0) is 13.2 Å². The molecule has 126 valence electrons. The van der Waals surface area contributed by atoms with Gasteiger partial charge < -0.3 is 0 Å². The van der Waals surface area contributed by atoms with E-state index in [1.165, 1.54) is 11.7 Å². The van der Waals surface area contributed by atoms with Crippen LogP contribution in [0.3, 0.4) is 0 Å². The maximum Gasteiger partial charge on any atom is 0.445 e. The van der Waals surface area contributed by atoms with Crippen molar-refractivity contribution < 1.29 is 18.0 Å². The molecule has 0 saturated carbocycles. The number of hydrogen-bond acceptors (Lipinski definition) is 5. The highest BCUT2D eigenvalue weighted by Crippen LogP contribution is 2.34. The normalized spacial score (nSPS) is 13.2. The first-order chi connectivity index (χ1) is 10.6. The van der Waals surface area contributed by atoms with Gasteiger partial charge in [0, 0.05) is 13.0 Å². The Morgan fingerprint density at radius 1 is 1.43 bits per heavy atom. The van der Waals surface area contributed by atoms with E-state index in [0.29, 0.717) is 5.69 Å². The third-order valence-corrected chi connectivity index (χ3v) is 4.45. The standard InChI is InChI=1S/C12H13ClF3N5OS/c1-4-5(2)7-6(13)8(21(3)20-7)9(22)17-11-19-18-10(23-11)12(14,15)16/h5H,4H2,1-3H3,(H,17,19,22). The van der Waals surface area contributed by atoms with Crippen molar-refractivity contribution in [2.45, 2.75) is 32.4 Å². The van der Waals surface area contributed by atoms with Gasteiger partial charge in [0.2, 0.25) is 10.1 Å². The lowest BCUT2D eigenvalue weighted by Crippen LogP contribution is -2.16. The number of nitrogens with zero attached hydrogens (tertiary/aromatic N) is 4. The number of aryl methyl sites for hydroxylation is 1. The van der Waals surface area contributed by atoms with Gasteiger partial charge in [0.1, 0.15) is 5.69 Å². The number of carbonyl (C=O) groups excluding carboxylic acids is 1. The second kappa shape index (κ2) is 6.44. The second-order valence-corrected chi connectivity index (χ2v) is 6.20. The van der Waals surface area contributed by atoms with Gasteiger partial charge in [0.05, 0.1) is 10.7 Å². The van der Waals surface area contributed by atoms with Crippen molar-refractivity contribution in [2.24, 2.45) is 7.05 Å². The molecule has 2 heterocycles. The zero-order chi connectivity index (χ0) is 17.4. The van der Waals surface area contributed by atoms with Crippen molar-refractivity contribution in [2.75, 3.05) is 5.32 Å². The van der Waals surface area contributed by atoms with E-state index in [2.05, 4.69) is 20.6 Å². The van der Waals surface area contributed by atoms with E-state index >= 15 is 0 Å². The van der Waals surface area contributed by atoms with Gasteiger partial charge >= 0.3 is 6.18 Å². The molecule has 23 heavy (non-hydrogen) atoms. The van der Waals surface area contributed by atoms with Crippen molar-refractivity contribution in [3.63, 3.8) is 0 Å². The minimum absolute atomic E-state index is 0.0496. The Morgan fingerprint density at radius 2 is 2.09 bits per heavy atom. The zero-order valence-corrected chi connectivity index (χ0v) is 14.0. The van der Waals surface area contributed by atoms with E-state index in [1.54, 1.807) is 0 Å². The van der Waals surface area contributed by atoms with Crippen LogP contribution in [0.5, 0.6) is 0 Å². The lowest BCUT2D eigenvalue weighted by Gasteiger charge is -2.04. The van der Waals surface area contributed by atoms with Crippen LogP contribution < -0.4 is 5.32 Å². The smallest absolute Gasteiger partial charge is 0.295 e. The monoisotopic (exact) mass is 367 g/mol. The number of alkyl halides is 3. The van der Waals surface area contributed by atoms with Gasteiger partial charge in [-0.25, -0.2) is 0 Å². The summed E-state index contributed by atoms with van der Waals surface area (Å²) in [6, 6.07) is 0. The Kier molecular flexibility index (Phi) is 4.95. The van der Waals surface area contributed by atoms with Gasteiger partial charge in [-0.15, -0.1) is 10.2 Å². The molecule has 0 aliphatic rings. The van der Waals surface area contributed by atoms with Crippen molar-refractivity contribution in [1.29, 1.82) is 0 Å². The van der Waals surface area contributed by atoms with Crippen LogP contribution >= 0.6 is 22.9 Å². The molecule has 2 rings (SSSR count). The molecule has 0 saturated heterocycles. The van der Waals surface area contributed by atoms with Gasteiger partial charge in [0.25, 0.3) is 5.91 Å². The minimum atomic E-state index is -4.60. The molecular weight excluding hydrogens is 355 g/mol. The molecule has 2 aromatic heterocycles. The van der Waals surface area contributed by atoms with Crippen molar-refractivity contribution in [1.82, 2.24) is 20.0 Å². The fourth-order valence-electron chi connectivity index (χ4n) is 1.82. The lowest BCUT2D eigenvalue weighted by molar-refractivity contribution is -0.138. The molecule has 0 radical (unpaired) electrons. The van der Waals surface area contributed by atoms with Crippen molar-refractivity contribution in [3.05, 3.63) is 21.4 Å². The molecule has 6 nitrogen and oxygen atoms in total. The lowest BCUT2D eigenvalue weighted by atomic mass is 10.1. The van der Waals surface area contributed by atoms with Crippen LogP contribution in [-0.4, -0.2) is 25.9 Å². The number of hydrogen-bond donors (Lipinski definition) is 1. The van der Waals surface area contributed by atoms with Crippen LogP contribution in [0, 0.1) is 0 Å². The number of carbonyl (C=O) groups is 1. The summed E-state index contributed by atoms with van der Waals surface area (Å²) in [5.74, 6) is -0.641. The summed E-state index contributed by atoms with van der Waals surface area (Å²) in [6.07, 6.45) is -3.82. The summed E-state index contributed by atoms with van der Waals surface area (Å²) in [7, 11) is 1.54. The Morgan fingerprint density at radius 3 is 2.61 bits per heavy atom. The fraction of sp³-hybridized carbons (Fsp3) is 0.500. The first-order valence-electron chi connectivity index (χ1n) is 6.59. The quantitative estimate of drug-likeness (QED) is 0.894. The van der Waals surface area contributed by atoms with E-state index < -0.39 is 17.1 Å². The fourth-order valence-corrected chi connectivity index (χ4v) is 2.86. The number of halogens is 4. The summed E-state index contributed by atoms with van der Waals surface area (Å²) in [5.41, 5.74) is 0.626. The van der Waals surface area contributed by atoms with E-state index in [1.807, 2.05) is 13.8 Å². The molecule has 0 fully saturated rings. The molecule has 0 aliphatic heterocycles. The summed E-state index contributed by atoms with van der Waals surface area (Å²) in [5, 5.41) is 11.6. The molecule has 0 aliphatic carbocycles. The molecule has 1 N–H and O–H groups in total. The third-order valence-electron chi connectivity index (χ3n) is 3.20. The molecule has 1 atom stereocenters. The van der Waals surface area contributed by atoms with Gasteiger partial charge in [-0.3, -0.25) is 14.8 Å². The third kappa shape index (κ3) is 3.63. The van der Waals surface area contributed by atoms with Gasteiger partial charge in [-0.1, -0.05) is 36.8 Å². The van der Waals surface area contributed by atoms with Crippen LogP contribution in [0.15, 0.2) is 0 Å². The Hall–Kier alpha value is -1.68. The summed E-state index contributed by atoms with van der Waals surface area (Å²) >= 11 is 6.43. The summed E-state index contributed by atoms with van der Waals surface area (Å²) in [6.45, 7) is 3.87. The molecule has 0 spiro atoms. The maximum atomic E-state index is 12.5. The first-order valence-corrected chi connectivity index (χ1v) is 7.79. The Labute approximate surface area is 138 Å². The first kappa shape index (κ1) is 17.7. The molecular formula is C12H13ClF3N5OS. The average molecular weight is 368 g/mol. The van der Waals surface area contributed by atoms with E-state index in [4.69, 9.17) is 11.6 Å². The molecule has 11 heteroatoms. The summed E-state index contributed by atoms with van der Waals surface area (Å²) < 4.78 is 38.7. The van der Waals surface area contributed by atoms with Gasteiger partial charge in [0.15, 0.2) is 0 Å². The predicted molar refractivity (Wildman–Crippen MR) is 79.8 cm³/mol. The number of anilines is 1. The SMILES string of the molecule is CCC(C)c1nn(C)c(C(=O)Nc2nnc(C(F)(F)F)s2)c1Cl. The molecule has 1 unspecified atom stereocenters. The molecule has 2 aromatic rings. The van der Waals surface area contributed by atoms with E-state index in [-0.39, 0.29) is 33.1 Å². The molecule has 0 bridgehead atoms. The highest BCUT2D eigenvalue weighted by atomic mass is 35.5. The maximum absolute atomic E-state index is 12.5. The number of amides is 1. The second-order valence-electron chi connectivity index (χ2n) is 4.84. The highest BCUT2D eigenvalue weighted by molar-refractivity contribution is 7.15. The largest absolute Gasteiger partial charge is 0.445 e. The van der Waals surface area contributed by atoms with Crippen LogP contribution in [0.2, 0.25) is 5.02 Å². The minimum Gasteiger partial charge on any atom is -0.295 e. The van der Waals surface area contributed by atoms with Crippen LogP contribution in [0.4, 0.5) is 18.3 Å². The van der Waals surface area contributed by atoms with Crippen LogP contribution in [0.25, 0.3) is 0 Å². The Bertz CT molecular complexity index is 727. The van der Waals surface area contributed by atoms with Gasteiger partial charge in [-0.05, 0) is 6.42 Å². The number of nitrogens with one attached hydrogen (secondary N) is 1. The zero-order valence-electron chi connectivity index (χ0n) is 12.4. The molecule has 1 amide bonds. The van der Waals surface area contributed by atoms with E-state index in [9.17, 15) is 18.0 Å². The number of aromatic nitrogens is 4. The highest BCUT2D eigenvalue weighted by Gasteiger charge is 2.36. The predicted octanol–water partition coefficient (Wildman–Crippen LogP) is 3.71. The Balaban J connectivity index is 2.25. The average Bonchev–Trinajstić information content (AvgIpc) is 3.02. The van der Waals surface area contributed by atoms with E-state index in [0.717, 1.165) is 6.42 Å². The van der Waals surface area contributed by atoms with Crippen molar-refractivity contribution in [3.8, 4) is 0 Å². The summed E-state index contributed by atoms with van der Waals surface area (Å²) in [4.78, 5) is 12.2. The number of rotatable bonds is 4. The van der Waals surface area contributed by atoms with Gasteiger partial charge in [-0.2, -0.15) is 18.3 Å².